The number of allylic oxidation sites excluding steroid dienone is 3. The maximum atomic E-state index is 12.5. The molecule has 4 atom stereocenters. The number of nitrogens with zero attached hydrogens (tertiary/aromatic N) is 2. The molecule has 186 valence electrons. The van der Waals surface area contributed by atoms with Crippen molar-refractivity contribution in [1.29, 1.82) is 0 Å². The van der Waals surface area contributed by atoms with Crippen molar-refractivity contribution in [1.82, 2.24) is 20.3 Å². The minimum Gasteiger partial charge on any atom is -0.346 e. The van der Waals surface area contributed by atoms with E-state index in [1.54, 1.807) is 11.8 Å². The molecular formula is C28H37N5OS. The lowest BCUT2D eigenvalue weighted by Crippen LogP contribution is -2.36. The van der Waals surface area contributed by atoms with Crippen molar-refractivity contribution in [2.45, 2.75) is 75.7 Å². The summed E-state index contributed by atoms with van der Waals surface area (Å²) in [5, 5.41) is 8.07. The molecular weight excluding hydrogens is 454 g/mol. The number of anilines is 2. The number of aryl methyl sites for hydroxylation is 1. The summed E-state index contributed by atoms with van der Waals surface area (Å²) in [5.41, 5.74) is 3.38. The average Bonchev–Trinajstić information content (AvgIpc) is 3.60. The number of carbonyl (C=O) groups is 1. The van der Waals surface area contributed by atoms with E-state index >= 15 is 0 Å². The standard InChI is InChI=1S/C28H37N5OS/c1-17-4-11-25(30-17)32-26-16-23(15-20-12-13-29-18(2)14-20)31-28(33-26)35-24-9-7-21(8-10-24)19(3)27(34)22-5-6-22/h4,7-9,11,16,18-20,22,24,29-30H,5-6,10,12-15H2,1-3H3,(H,31,32,33)/t18?,19-,20?,24?/m1/s1. The molecule has 1 aliphatic heterocycles. The molecule has 7 heteroatoms. The molecule has 6 nitrogen and oxygen atoms in total. The van der Waals surface area contributed by atoms with Crippen LogP contribution < -0.4 is 10.6 Å². The topological polar surface area (TPSA) is 82.7 Å². The number of carbonyl (C=O) groups excluding carboxylic acids is 1. The zero-order chi connectivity index (χ0) is 24.4. The van der Waals surface area contributed by atoms with Crippen LogP contribution in [0, 0.1) is 24.7 Å². The van der Waals surface area contributed by atoms with Gasteiger partial charge in [0, 0.05) is 40.6 Å². The molecule has 3 aliphatic rings. The van der Waals surface area contributed by atoms with E-state index in [-0.39, 0.29) is 11.2 Å². The first kappa shape index (κ1) is 24.3. The second-order valence-electron chi connectivity index (χ2n) is 10.5. The Balaban J connectivity index is 1.29. The lowest BCUT2D eigenvalue weighted by atomic mass is 9.89. The molecule has 1 saturated heterocycles. The lowest BCUT2D eigenvalue weighted by Gasteiger charge is -2.28. The van der Waals surface area contributed by atoms with Crippen molar-refractivity contribution >= 4 is 29.2 Å². The highest BCUT2D eigenvalue weighted by atomic mass is 32.2. The molecule has 0 amide bonds. The molecule has 0 radical (unpaired) electrons. The van der Waals surface area contributed by atoms with Crippen LogP contribution in [-0.4, -0.2) is 38.6 Å². The van der Waals surface area contributed by atoms with Crippen molar-refractivity contribution < 1.29 is 4.79 Å². The average molecular weight is 492 g/mol. The number of H-pyrrole nitrogens is 1. The summed E-state index contributed by atoms with van der Waals surface area (Å²) >= 11 is 1.71. The number of nitrogens with one attached hydrogen (secondary N) is 3. The van der Waals surface area contributed by atoms with Gasteiger partial charge in [-0.3, -0.25) is 4.79 Å². The van der Waals surface area contributed by atoms with Gasteiger partial charge in [0.15, 0.2) is 5.16 Å². The highest BCUT2D eigenvalue weighted by Crippen LogP contribution is 2.36. The van der Waals surface area contributed by atoms with Crippen molar-refractivity contribution in [3.8, 4) is 0 Å². The van der Waals surface area contributed by atoms with Crippen LogP contribution >= 0.6 is 11.8 Å². The third-order valence-electron chi connectivity index (χ3n) is 7.34. The zero-order valence-corrected chi connectivity index (χ0v) is 21.8. The minimum absolute atomic E-state index is 0.0108. The fourth-order valence-electron chi connectivity index (χ4n) is 5.17. The predicted octanol–water partition coefficient (Wildman–Crippen LogP) is 5.75. The molecule has 2 aliphatic carbocycles. The van der Waals surface area contributed by atoms with E-state index in [9.17, 15) is 4.79 Å². The second kappa shape index (κ2) is 10.7. The fourth-order valence-corrected chi connectivity index (χ4v) is 6.11. The smallest absolute Gasteiger partial charge is 0.190 e. The van der Waals surface area contributed by atoms with Gasteiger partial charge >= 0.3 is 0 Å². The number of aromatic amines is 1. The molecule has 3 heterocycles. The molecule has 2 aromatic rings. The maximum Gasteiger partial charge on any atom is 0.190 e. The van der Waals surface area contributed by atoms with Crippen LogP contribution in [0.4, 0.5) is 11.6 Å². The van der Waals surface area contributed by atoms with E-state index in [0.717, 1.165) is 66.0 Å². The molecule has 0 bridgehead atoms. The summed E-state index contributed by atoms with van der Waals surface area (Å²) < 4.78 is 0. The number of rotatable bonds is 9. The molecule has 5 rings (SSSR count). The quantitative estimate of drug-likeness (QED) is 0.388. The number of ketones is 1. The molecule has 3 N–H and O–H groups in total. The number of thioether (sulfide) groups is 1. The highest BCUT2D eigenvalue weighted by molar-refractivity contribution is 7.99. The third kappa shape index (κ3) is 6.44. The molecule has 1 saturated carbocycles. The second-order valence-corrected chi connectivity index (χ2v) is 11.7. The van der Waals surface area contributed by atoms with E-state index in [0.29, 0.717) is 23.7 Å². The van der Waals surface area contributed by atoms with Gasteiger partial charge in [0.1, 0.15) is 17.4 Å². The van der Waals surface area contributed by atoms with E-state index in [2.05, 4.69) is 59.8 Å². The number of piperidine rings is 1. The van der Waals surface area contributed by atoms with Gasteiger partial charge in [-0.25, -0.2) is 9.97 Å². The summed E-state index contributed by atoms with van der Waals surface area (Å²) in [6.45, 7) is 7.45. The van der Waals surface area contributed by atoms with Gasteiger partial charge in [-0.1, -0.05) is 36.9 Å². The first-order chi connectivity index (χ1) is 16.9. The summed E-state index contributed by atoms with van der Waals surface area (Å²) in [4.78, 5) is 25.6. The van der Waals surface area contributed by atoms with Gasteiger partial charge < -0.3 is 15.6 Å². The molecule has 35 heavy (non-hydrogen) atoms. The Hall–Kier alpha value is -2.38. The first-order valence-electron chi connectivity index (χ1n) is 13.1. The molecule has 0 aromatic carbocycles. The van der Waals surface area contributed by atoms with Gasteiger partial charge in [0.2, 0.25) is 0 Å². The number of hydrogen-bond donors (Lipinski definition) is 3. The van der Waals surface area contributed by atoms with Gasteiger partial charge in [-0.05, 0) is 82.5 Å². The van der Waals surface area contributed by atoms with Crippen LogP contribution in [0.15, 0.2) is 47.2 Å². The number of Topliss-reactive ketones (excluding diaryl/α,β-unsaturated/α-hetero) is 1. The van der Waals surface area contributed by atoms with Gasteiger partial charge in [0.05, 0.1) is 0 Å². The Bertz CT molecular complexity index is 1120. The van der Waals surface area contributed by atoms with Crippen molar-refractivity contribution in [2.24, 2.45) is 17.8 Å². The van der Waals surface area contributed by atoms with Crippen LogP contribution in [0.25, 0.3) is 0 Å². The summed E-state index contributed by atoms with van der Waals surface area (Å²) in [6, 6.07) is 6.76. The van der Waals surface area contributed by atoms with Gasteiger partial charge in [0.25, 0.3) is 0 Å². The minimum atomic E-state index is 0.0108. The van der Waals surface area contributed by atoms with E-state index in [1.165, 1.54) is 12.8 Å². The fraction of sp³-hybridized carbons (Fsp3) is 0.536. The molecule has 2 fully saturated rings. The van der Waals surface area contributed by atoms with Crippen molar-refractivity contribution in [3.05, 3.63) is 53.4 Å². The van der Waals surface area contributed by atoms with Crippen LogP contribution in [0.2, 0.25) is 0 Å². The number of aromatic nitrogens is 3. The number of hydrogen-bond acceptors (Lipinski definition) is 6. The Labute approximate surface area is 212 Å². The van der Waals surface area contributed by atoms with Crippen LogP contribution in [0.5, 0.6) is 0 Å². The van der Waals surface area contributed by atoms with Crippen molar-refractivity contribution in [2.75, 3.05) is 11.9 Å². The SMILES string of the molecule is Cc1ccc(Nc2cc(CC3CCNC(C)C3)nc(SC3C=CC([C@@H](C)C(=O)C4CC4)=CC3)n2)[nH]1. The van der Waals surface area contributed by atoms with Crippen LogP contribution in [0.3, 0.4) is 0 Å². The predicted molar refractivity (Wildman–Crippen MR) is 143 cm³/mol. The summed E-state index contributed by atoms with van der Waals surface area (Å²) in [7, 11) is 0. The monoisotopic (exact) mass is 491 g/mol. The first-order valence-corrected chi connectivity index (χ1v) is 13.9. The Morgan fingerprint density at radius 1 is 1.26 bits per heavy atom. The largest absolute Gasteiger partial charge is 0.346 e. The molecule has 0 spiro atoms. The van der Waals surface area contributed by atoms with Crippen LogP contribution in [-0.2, 0) is 11.2 Å². The van der Waals surface area contributed by atoms with E-state index in [1.807, 2.05) is 13.0 Å². The third-order valence-corrected chi connectivity index (χ3v) is 8.38. The lowest BCUT2D eigenvalue weighted by molar-refractivity contribution is -0.122. The van der Waals surface area contributed by atoms with E-state index in [4.69, 9.17) is 9.97 Å². The Morgan fingerprint density at radius 3 is 2.80 bits per heavy atom. The van der Waals surface area contributed by atoms with Crippen LogP contribution in [0.1, 0.15) is 57.3 Å². The Morgan fingerprint density at radius 2 is 2.11 bits per heavy atom. The highest BCUT2D eigenvalue weighted by Gasteiger charge is 2.34. The zero-order valence-electron chi connectivity index (χ0n) is 21.0. The summed E-state index contributed by atoms with van der Waals surface area (Å²) in [6.07, 6.45) is 13.0. The molecule has 3 unspecified atom stereocenters. The maximum absolute atomic E-state index is 12.5. The Kier molecular flexibility index (Phi) is 7.44. The van der Waals surface area contributed by atoms with Crippen molar-refractivity contribution in [3.63, 3.8) is 0 Å². The van der Waals surface area contributed by atoms with Gasteiger partial charge in [-0.2, -0.15) is 0 Å². The van der Waals surface area contributed by atoms with E-state index < -0.39 is 0 Å². The molecule has 2 aromatic heterocycles. The summed E-state index contributed by atoms with van der Waals surface area (Å²) in [5.74, 6) is 3.14. The van der Waals surface area contributed by atoms with Gasteiger partial charge in [-0.15, -0.1) is 0 Å². The normalized spacial score (nSPS) is 25.2.